The molecular formula is C12H20N2S. The molecule has 1 aromatic heterocycles. The van der Waals surface area contributed by atoms with Crippen molar-refractivity contribution in [2.24, 2.45) is 0 Å². The molecule has 0 saturated carbocycles. The maximum Gasteiger partial charge on any atom is 0.0303 e. The summed E-state index contributed by atoms with van der Waals surface area (Å²) in [6.07, 6.45) is 2.61. The van der Waals surface area contributed by atoms with Crippen LogP contribution in [0.1, 0.15) is 30.2 Å². The van der Waals surface area contributed by atoms with E-state index < -0.39 is 0 Å². The molecule has 0 aromatic carbocycles. The molecule has 1 aromatic rings. The predicted molar refractivity (Wildman–Crippen MR) is 66.4 cm³/mol. The van der Waals surface area contributed by atoms with Crippen molar-refractivity contribution in [2.45, 2.75) is 38.8 Å². The highest BCUT2D eigenvalue weighted by atomic mass is 32.1. The van der Waals surface area contributed by atoms with E-state index in [-0.39, 0.29) is 0 Å². The molecule has 2 nitrogen and oxygen atoms in total. The van der Waals surface area contributed by atoms with Gasteiger partial charge in [-0.25, -0.2) is 0 Å². The molecule has 0 aliphatic carbocycles. The minimum atomic E-state index is 0.325. The standard InChI is InChI=1S/C12H20N2S/c1-10-4-7-15-11(10)8-13-9-12(2)5-3-6-14-12/h4,7,13-14H,3,5-6,8-9H2,1-2H3. The van der Waals surface area contributed by atoms with Crippen LogP contribution in [0, 0.1) is 6.92 Å². The summed E-state index contributed by atoms with van der Waals surface area (Å²) >= 11 is 1.85. The average Bonchev–Trinajstić information content (AvgIpc) is 2.78. The van der Waals surface area contributed by atoms with Gasteiger partial charge in [0, 0.05) is 23.5 Å². The smallest absolute Gasteiger partial charge is 0.0303 e. The topological polar surface area (TPSA) is 24.1 Å². The molecule has 15 heavy (non-hydrogen) atoms. The molecule has 1 fully saturated rings. The normalized spacial score (nSPS) is 26.0. The maximum atomic E-state index is 3.57. The van der Waals surface area contributed by atoms with Crippen molar-refractivity contribution in [3.63, 3.8) is 0 Å². The van der Waals surface area contributed by atoms with Gasteiger partial charge < -0.3 is 10.6 Å². The summed E-state index contributed by atoms with van der Waals surface area (Å²) < 4.78 is 0. The zero-order chi connectivity index (χ0) is 10.7. The van der Waals surface area contributed by atoms with Crippen LogP contribution in [0.25, 0.3) is 0 Å². The molecule has 0 spiro atoms. The van der Waals surface area contributed by atoms with E-state index in [1.54, 1.807) is 0 Å². The van der Waals surface area contributed by atoms with Gasteiger partial charge in [-0.3, -0.25) is 0 Å². The Bertz CT molecular complexity index is 313. The van der Waals surface area contributed by atoms with Crippen molar-refractivity contribution in [3.8, 4) is 0 Å². The van der Waals surface area contributed by atoms with Gasteiger partial charge in [-0.2, -0.15) is 0 Å². The first-order chi connectivity index (χ1) is 7.20. The number of rotatable bonds is 4. The van der Waals surface area contributed by atoms with Crippen molar-refractivity contribution in [1.82, 2.24) is 10.6 Å². The van der Waals surface area contributed by atoms with Crippen LogP contribution < -0.4 is 10.6 Å². The van der Waals surface area contributed by atoms with Crippen molar-refractivity contribution < 1.29 is 0 Å². The van der Waals surface area contributed by atoms with Crippen LogP contribution in [0.5, 0.6) is 0 Å². The van der Waals surface area contributed by atoms with Crippen LogP contribution in [0.4, 0.5) is 0 Å². The monoisotopic (exact) mass is 224 g/mol. The van der Waals surface area contributed by atoms with Crippen molar-refractivity contribution in [1.29, 1.82) is 0 Å². The molecule has 1 saturated heterocycles. The Morgan fingerprint density at radius 1 is 1.60 bits per heavy atom. The SMILES string of the molecule is Cc1ccsc1CNCC1(C)CCCN1. The maximum absolute atomic E-state index is 3.57. The lowest BCUT2D eigenvalue weighted by molar-refractivity contribution is 0.385. The van der Waals surface area contributed by atoms with E-state index in [0.717, 1.165) is 13.1 Å². The second-order valence-corrected chi connectivity index (χ2v) is 5.72. The van der Waals surface area contributed by atoms with Crippen LogP contribution in [-0.4, -0.2) is 18.6 Å². The highest BCUT2D eigenvalue weighted by Crippen LogP contribution is 2.18. The Hall–Kier alpha value is -0.380. The lowest BCUT2D eigenvalue weighted by Crippen LogP contribution is -2.45. The first-order valence-electron chi connectivity index (χ1n) is 5.68. The third-order valence-corrected chi connectivity index (χ3v) is 4.25. The first-order valence-corrected chi connectivity index (χ1v) is 6.56. The molecule has 1 aliphatic heterocycles. The zero-order valence-corrected chi connectivity index (χ0v) is 10.4. The molecular weight excluding hydrogens is 204 g/mol. The van der Waals surface area contributed by atoms with Gasteiger partial charge >= 0.3 is 0 Å². The summed E-state index contributed by atoms with van der Waals surface area (Å²) in [7, 11) is 0. The molecule has 0 amide bonds. The van der Waals surface area contributed by atoms with E-state index in [1.165, 1.54) is 29.8 Å². The summed E-state index contributed by atoms with van der Waals surface area (Å²) in [5, 5.41) is 9.30. The van der Waals surface area contributed by atoms with Crippen molar-refractivity contribution in [2.75, 3.05) is 13.1 Å². The van der Waals surface area contributed by atoms with Gasteiger partial charge in [0.05, 0.1) is 0 Å². The first kappa shape index (κ1) is 11.1. The fourth-order valence-electron chi connectivity index (χ4n) is 2.15. The van der Waals surface area contributed by atoms with Gasteiger partial charge in [0.1, 0.15) is 0 Å². The largest absolute Gasteiger partial charge is 0.310 e. The summed E-state index contributed by atoms with van der Waals surface area (Å²) in [4.78, 5) is 1.47. The number of hydrogen-bond acceptors (Lipinski definition) is 3. The number of hydrogen-bond donors (Lipinski definition) is 2. The van der Waals surface area contributed by atoms with Crippen LogP contribution in [0.3, 0.4) is 0 Å². The van der Waals surface area contributed by atoms with Crippen molar-refractivity contribution >= 4 is 11.3 Å². The summed E-state index contributed by atoms with van der Waals surface area (Å²) in [5.41, 5.74) is 1.74. The molecule has 1 unspecified atom stereocenters. The second-order valence-electron chi connectivity index (χ2n) is 4.72. The van der Waals surface area contributed by atoms with Crippen LogP contribution in [0.15, 0.2) is 11.4 Å². The molecule has 0 radical (unpaired) electrons. The van der Waals surface area contributed by atoms with E-state index >= 15 is 0 Å². The zero-order valence-electron chi connectivity index (χ0n) is 9.60. The minimum Gasteiger partial charge on any atom is -0.310 e. The lowest BCUT2D eigenvalue weighted by Gasteiger charge is -2.24. The van der Waals surface area contributed by atoms with E-state index in [1.807, 2.05) is 11.3 Å². The van der Waals surface area contributed by atoms with Gasteiger partial charge in [-0.05, 0) is 50.2 Å². The van der Waals surface area contributed by atoms with Gasteiger partial charge in [-0.1, -0.05) is 0 Å². The highest BCUT2D eigenvalue weighted by molar-refractivity contribution is 7.10. The van der Waals surface area contributed by atoms with E-state index in [9.17, 15) is 0 Å². The Balaban J connectivity index is 1.77. The molecule has 1 atom stereocenters. The highest BCUT2D eigenvalue weighted by Gasteiger charge is 2.27. The summed E-state index contributed by atoms with van der Waals surface area (Å²) in [5.74, 6) is 0. The van der Waals surface area contributed by atoms with E-state index in [4.69, 9.17) is 0 Å². The van der Waals surface area contributed by atoms with Crippen molar-refractivity contribution in [3.05, 3.63) is 21.9 Å². The quantitative estimate of drug-likeness (QED) is 0.820. The number of nitrogens with one attached hydrogen (secondary N) is 2. The van der Waals surface area contributed by atoms with E-state index in [2.05, 4.69) is 35.9 Å². The Labute approximate surface area is 96.1 Å². The number of aryl methyl sites for hydroxylation is 1. The third kappa shape index (κ3) is 2.80. The molecule has 2 N–H and O–H groups in total. The van der Waals surface area contributed by atoms with Gasteiger partial charge in [-0.15, -0.1) is 11.3 Å². The van der Waals surface area contributed by atoms with E-state index in [0.29, 0.717) is 5.54 Å². The number of thiophene rings is 1. The molecule has 84 valence electrons. The third-order valence-electron chi connectivity index (χ3n) is 3.23. The second kappa shape index (κ2) is 4.64. The van der Waals surface area contributed by atoms with Gasteiger partial charge in [0.2, 0.25) is 0 Å². The summed E-state index contributed by atoms with van der Waals surface area (Å²) in [6.45, 7) is 7.76. The summed E-state index contributed by atoms with van der Waals surface area (Å²) in [6, 6.07) is 2.19. The Morgan fingerprint density at radius 3 is 3.07 bits per heavy atom. The van der Waals surface area contributed by atoms with Crippen LogP contribution >= 0.6 is 11.3 Å². The fourth-order valence-corrected chi connectivity index (χ4v) is 3.02. The van der Waals surface area contributed by atoms with Gasteiger partial charge in [0.25, 0.3) is 0 Å². The molecule has 0 bridgehead atoms. The molecule has 3 heteroatoms. The van der Waals surface area contributed by atoms with Crippen LogP contribution in [0.2, 0.25) is 0 Å². The average molecular weight is 224 g/mol. The van der Waals surface area contributed by atoms with Crippen LogP contribution in [-0.2, 0) is 6.54 Å². The fraction of sp³-hybridized carbons (Fsp3) is 0.667. The molecule has 2 heterocycles. The lowest BCUT2D eigenvalue weighted by atomic mass is 10.0. The molecule has 1 aliphatic rings. The Kier molecular flexibility index (Phi) is 3.44. The predicted octanol–water partition coefficient (Wildman–Crippen LogP) is 2.29. The Morgan fingerprint density at radius 2 is 2.47 bits per heavy atom. The molecule has 2 rings (SSSR count). The minimum absolute atomic E-state index is 0.325. The van der Waals surface area contributed by atoms with Gasteiger partial charge in [0.15, 0.2) is 0 Å².